The Kier molecular flexibility index (Phi) is 8.07. The van der Waals surface area contributed by atoms with Gasteiger partial charge in [-0.15, -0.1) is 0 Å². The Morgan fingerprint density at radius 2 is 1.60 bits per heavy atom. The fourth-order valence-electron chi connectivity index (χ4n) is 2.08. The molecule has 2 atom stereocenters. The maximum Gasteiger partial charge on any atom is 0.0618 e. The third kappa shape index (κ3) is 5.53. The molecule has 0 radical (unpaired) electrons. The van der Waals surface area contributed by atoms with Crippen molar-refractivity contribution < 1.29 is 4.74 Å². The number of methoxy groups -OCH3 is 1. The van der Waals surface area contributed by atoms with E-state index in [9.17, 15) is 0 Å². The van der Waals surface area contributed by atoms with Gasteiger partial charge in [-0.2, -0.15) is 0 Å². The highest BCUT2D eigenvalue weighted by atomic mass is 16.5. The number of hydrogen-bond acceptors (Lipinski definition) is 2. The summed E-state index contributed by atoms with van der Waals surface area (Å²) in [7, 11) is 1.78. The first-order valence-corrected chi connectivity index (χ1v) is 6.31. The number of rotatable bonds is 8. The van der Waals surface area contributed by atoms with E-state index in [0.717, 1.165) is 12.5 Å². The standard InChI is InChI=1S/C13H29NO/c1-7-12(8-2)11(5)14-13(9-15-6)10(3)4/h10-14H,7-9H2,1-6H3. The minimum atomic E-state index is 0.477. The molecule has 0 aromatic rings. The normalized spacial score (nSPS) is 16.0. The van der Waals surface area contributed by atoms with Crippen LogP contribution in [0.5, 0.6) is 0 Å². The predicted molar refractivity (Wildman–Crippen MR) is 67.2 cm³/mol. The van der Waals surface area contributed by atoms with Crippen LogP contribution in [-0.2, 0) is 4.74 Å². The lowest BCUT2D eigenvalue weighted by Gasteiger charge is -2.30. The molecule has 92 valence electrons. The van der Waals surface area contributed by atoms with Crippen molar-refractivity contribution >= 4 is 0 Å². The van der Waals surface area contributed by atoms with Crippen LogP contribution in [0.4, 0.5) is 0 Å². The zero-order valence-corrected chi connectivity index (χ0v) is 11.3. The van der Waals surface area contributed by atoms with Gasteiger partial charge in [0.15, 0.2) is 0 Å². The lowest BCUT2D eigenvalue weighted by molar-refractivity contribution is 0.134. The van der Waals surface area contributed by atoms with E-state index in [1.54, 1.807) is 7.11 Å². The van der Waals surface area contributed by atoms with Crippen molar-refractivity contribution in [3.8, 4) is 0 Å². The van der Waals surface area contributed by atoms with Crippen LogP contribution in [0, 0.1) is 11.8 Å². The smallest absolute Gasteiger partial charge is 0.0618 e. The molecule has 0 rings (SSSR count). The molecule has 0 saturated carbocycles. The highest BCUT2D eigenvalue weighted by Crippen LogP contribution is 2.14. The molecule has 0 saturated heterocycles. The largest absolute Gasteiger partial charge is 0.383 e. The van der Waals surface area contributed by atoms with Crippen LogP contribution in [0.1, 0.15) is 47.5 Å². The van der Waals surface area contributed by atoms with Gasteiger partial charge >= 0.3 is 0 Å². The van der Waals surface area contributed by atoms with Gasteiger partial charge in [0, 0.05) is 19.2 Å². The molecule has 0 aliphatic heterocycles. The third-order valence-electron chi connectivity index (χ3n) is 3.38. The summed E-state index contributed by atoms with van der Waals surface area (Å²) in [6.07, 6.45) is 2.50. The van der Waals surface area contributed by atoms with Gasteiger partial charge in [-0.05, 0) is 18.8 Å². The van der Waals surface area contributed by atoms with E-state index in [4.69, 9.17) is 4.74 Å². The first kappa shape index (κ1) is 14.9. The van der Waals surface area contributed by atoms with Gasteiger partial charge in [0.2, 0.25) is 0 Å². The molecule has 0 spiro atoms. The molecule has 0 aromatic heterocycles. The van der Waals surface area contributed by atoms with Gasteiger partial charge in [-0.1, -0.05) is 40.5 Å². The quantitative estimate of drug-likeness (QED) is 0.672. The van der Waals surface area contributed by atoms with Crippen LogP contribution in [0.2, 0.25) is 0 Å². The lowest BCUT2D eigenvalue weighted by Crippen LogP contribution is -2.45. The second kappa shape index (κ2) is 8.12. The first-order valence-electron chi connectivity index (χ1n) is 6.31. The molecule has 0 heterocycles. The molecule has 0 aromatic carbocycles. The molecule has 2 heteroatoms. The van der Waals surface area contributed by atoms with Crippen molar-refractivity contribution in [2.75, 3.05) is 13.7 Å². The topological polar surface area (TPSA) is 21.3 Å². The monoisotopic (exact) mass is 215 g/mol. The number of hydrogen-bond donors (Lipinski definition) is 1. The number of nitrogens with one attached hydrogen (secondary N) is 1. The molecule has 1 N–H and O–H groups in total. The van der Waals surface area contributed by atoms with Crippen molar-refractivity contribution in [3.63, 3.8) is 0 Å². The SMILES string of the molecule is CCC(CC)C(C)NC(COC)C(C)C. The average Bonchev–Trinajstić information content (AvgIpc) is 2.18. The first-order chi connectivity index (χ1) is 7.06. The molecule has 2 nitrogen and oxygen atoms in total. The van der Waals surface area contributed by atoms with Crippen molar-refractivity contribution in [2.24, 2.45) is 11.8 Å². The summed E-state index contributed by atoms with van der Waals surface area (Å²) in [6, 6.07) is 1.06. The van der Waals surface area contributed by atoms with E-state index in [1.165, 1.54) is 12.8 Å². The van der Waals surface area contributed by atoms with Gasteiger partial charge < -0.3 is 10.1 Å². The van der Waals surface area contributed by atoms with Gasteiger partial charge in [-0.25, -0.2) is 0 Å². The van der Waals surface area contributed by atoms with E-state index in [1.807, 2.05) is 0 Å². The van der Waals surface area contributed by atoms with E-state index in [0.29, 0.717) is 18.0 Å². The summed E-state index contributed by atoms with van der Waals surface area (Å²) in [6.45, 7) is 12.1. The van der Waals surface area contributed by atoms with E-state index in [2.05, 4.69) is 39.9 Å². The summed E-state index contributed by atoms with van der Waals surface area (Å²) in [5.74, 6) is 1.41. The fraction of sp³-hybridized carbons (Fsp3) is 1.00. The maximum atomic E-state index is 5.25. The molecule has 15 heavy (non-hydrogen) atoms. The van der Waals surface area contributed by atoms with Crippen LogP contribution >= 0.6 is 0 Å². The Morgan fingerprint density at radius 3 is 1.93 bits per heavy atom. The van der Waals surface area contributed by atoms with Gasteiger partial charge in [0.25, 0.3) is 0 Å². The summed E-state index contributed by atoms with van der Waals surface area (Å²) < 4.78 is 5.25. The zero-order valence-electron chi connectivity index (χ0n) is 11.3. The summed E-state index contributed by atoms with van der Waals surface area (Å²) in [4.78, 5) is 0. The summed E-state index contributed by atoms with van der Waals surface area (Å²) in [5, 5.41) is 3.69. The second-order valence-electron chi connectivity index (χ2n) is 4.84. The third-order valence-corrected chi connectivity index (χ3v) is 3.38. The van der Waals surface area contributed by atoms with Crippen LogP contribution in [0.3, 0.4) is 0 Å². The molecule has 0 aliphatic carbocycles. The Hall–Kier alpha value is -0.0800. The van der Waals surface area contributed by atoms with Gasteiger partial charge in [0.05, 0.1) is 6.61 Å². The van der Waals surface area contributed by atoms with Crippen LogP contribution in [0.25, 0.3) is 0 Å². The highest BCUT2D eigenvalue weighted by Gasteiger charge is 2.19. The van der Waals surface area contributed by atoms with Crippen molar-refractivity contribution in [2.45, 2.75) is 59.5 Å². The maximum absolute atomic E-state index is 5.25. The molecular formula is C13H29NO. The van der Waals surface area contributed by atoms with Crippen molar-refractivity contribution in [1.82, 2.24) is 5.32 Å². The lowest BCUT2D eigenvalue weighted by atomic mass is 9.93. The molecule has 0 bridgehead atoms. The zero-order chi connectivity index (χ0) is 11.8. The van der Waals surface area contributed by atoms with E-state index in [-0.39, 0.29) is 0 Å². The van der Waals surface area contributed by atoms with Gasteiger partial charge in [0.1, 0.15) is 0 Å². The molecular weight excluding hydrogens is 186 g/mol. The van der Waals surface area contributed by atoms with Crippen molar-refractivity contribution in [1.29, 1.82) is 0 Å². The van der Waals surface area contributed by atoms with E-state index < -0.39 is 0 Å². The minimum absolute atomic E-state index is 0.477. The minimum Gasteiger partial charge on any atom is -0.383 e. The molecule has 0 aliphatic rings. The predicted octanol–water partition coefficient (Wildman–Crippen LogP) is 3.07. The fourth-order valence-corrected chi connectivity index (χ4v) is 2.08. The Morgan fingerprint density at radius 1 is 1.07 bits per heavy atom. The summed E-state index contributed by atoms with van der Waals surface area (Å²) in [5.41, 5.74) is 0. The average molecular weight is 215 g/mol. The highest BCUT2D eigenvalue weighted by molar-refractivity contribution is 4.77. The second-order valence-corrected chi connectivity index (χ2v) is 4.84. The van der Waals surface area contributed by atoms with Crippen LogP contribution < -0.4 is 5.32 Å². The Labute approximate surface area is 95.8 Å². The van der Waals surface area contributed by atoms with Crippen LogP contribution in [-0.4, -0.2) is 25.8 Å². The molecule has 2 unspecified atom stereocenters. The molecule has 0 amide bonds. The van der Waals surface area contributed by atoms with Crippen LogP contribution in [0.15, 0.2) is 0 Å². The van der Waals surface area contributed by atoms with E-state index >= 15 is 0 Å². The Bertz CT molecular complexity index is 143. The number of ether oxygens (including phenoxy) is 1. The Balaban J connectivity index is 4.13. The summed E-state index contributed by atoms with van der Waals surface area (Å²) >= 11 is 0. The van der Waals surface area contributed by atoms with Gasteiger partial charge in [-0.3, -0.25) is 0 Å². The molecule has 0 fully saturated rings. The van der Waals surface area contributed by atoms with Crippen molar-refractivity contribution in [3.05, 3.63) is 0 Å².